The lowest BCUT2D eigenvalue weighted by Gasteiger charge is -2.25. The van der Waals surface area contributed by atoms with Gasteiger partial charge in [0.1, 0.15) is 18.1 Å². The molecule has 0 spiro atoms. The highest BCUT2D eigenvalue weighted by molar-refractivity contribution is 6.46. The first-order valence-electron chi connectivity index (χ1n) is 9.78. The Morgan fingerprint density at radius 3 is 2.40 bits per heavy atom. The van der Waals surface area contributed by atoms with Gasteiger partial charge in [-0.15, -0.1) is 0 Å². The summed E-state index contributed by atoms with van der Waals surface area (Å²) in [7, 11) is 0. The topological polar surface area (TPSA) is 87.1 Å². The van der Waals surface area contributed by atoms with Crippen molar-refractivity contribution in [1.29, 1.82) is 0 Å². The minimum Gasteiger partial charge on any atom is -0.507 e. The molecule has 1 aliphatic rings. The van der Waals surface area contributed by atoms with Gasteiger partial charge in [0.2, 0.25) is 0 Å². The fraction of sp³-hybridized carbons (Fsp3) is 0.250. The van der Waals surface area contributed by atoms with Crippen molar-refractivity contribution in [2.24, 2.45) is 0 Å². The predicted octanol–water partition coefficient (Wildman–Crippen LogP) is 3.36. The minimum absolute atomic E-state index is 0.0431. The molecule has 6 heteroatoms. The van der Waals surface area contributed by atoms with Crippen LogP contribution in [0.5, 0.6) is 5.75 Å². The fourth-order valence-corrected chi connectivity index (χ4v) is 3.47. The Kier molecular flexibility index (Phi) is 6.69. The van der Waals surface area contributed by atoms with Gasteiger partial charge in [0, 0.05) is 18.7 Å². The lowest BCUT2D eigenvalue weighted by Crippen LogP contribution is -2.31. The molecular weight excluding hydrogens is 382 g/mol. The molecule has 0 saturated carbocycles. The van der Waals surface area contributed by atoms with Gasteiger partial charge < -0.3 is 19.8 Å². The number of hydrogen-bond acceptors (Lipinski definition) is 5. The van der Waals surface area contributed by atoms with Crippen molar-refractivity contribution in [2.75, 3.05) is 19.8 Å². The van der Waals surface area contributed by atoms with Gasteiger partial charge in [0.15, 0.2) is 0 Å². The van der Waals surface area contributed by atoms with Crippen molar-refractivity contribution in [3.8, 4) is 5.75 Å². The van der Waals surface area contributed by atoms with Crippen LogP contribution >= 0.6 is 0 Å². The van der Waals surface area contributed by atoms with Crippen LogP contribution in [0.25, 0.3) is 5.76 Å². The van der Waals surface area contributed by atoms with Crippen LogP contribution in [0.15, 0.2) is 66.8 Å². The number of ether oxygens (including phenoxy) is 1. The summed E-state index contributed by atoms with van der Waals surface area (Å²) >= 11 is 0. The number of carbonyl (C=O) groups excluding carboxylic acids is 2. The second-order valence-electron chi connectivity index (χ2n) is 7.10. The second-order valence-corrected chi connectivity index (χ2v) is 7.10. The first kappa shape index (κ1) is 21.3. The average molecular weight is 407 g/mol. The number of ketones is 1. The Labute approximate surface area is 175 Å². The minimum atomic E-state index is -0.733. The summed E-state index contributed by atoms with van der Waals surface area (Å²) < 4.78 is 5.45. The number of aliphatic hydroxyl groups is 2. The number of aryl methyl sites for hydroxylation is 1. The highest BCUT2D eigenvalue weighted by Gasteiger charge is 2.45. The summed E-state index contributed by atoms with van der Waals surface area (Å²) in [6.45, 7) is 6.01. The van der Waals surface area contributed by atoms with E-state index in [1.807, 2.05) is 31.2 Å². The number of carbonyl (C=O) groups is 2. The predicted molar refractivity (Wildman–Crippen MR) is 114 cm³/mol. The summed E-state index contributed by atoms with van der Waals surface area (Å²) in [5.74, 6) is -1.05. The van der Waals surface area contributed by atoms with Crippen molar-refractivity contribution < 1.29 is 24.5 Å². The molecular formula is C24H25NO5. The lowest BCUT2D eigenvalue weighted by molar-refractivity contribution is -0.140. The van der Waals surface area contributed by atoms with Crippen molar-refractivity contribution in [2.45, 2.75) is 19.4 Å². The van der Waals surface area contributed by atoms with E-state index in [1.165, 1.54) is 4.90 Å². The Bertz CT molecular complexity index is 960. The molecule has 0 radical (unpaired) electrons. The second kappa shape index (κ2) is 9.41. The molecule has 156 valence electrons. The Morgan fingerprint density at radius 1 is 1.13 bits per heavy atom. The van der Waals surface area contributed by atoms with Crippen molar-refractivity contribution >= 4 is 17.4 Å². The standard InChI is InChI=1S/C24H25NO5/c1-3-15-30-19-11-9-18(10-12-19)22(27)20-21(17-7-5-16(2)6-8-17)25(13-4-14-26)24(29)23(20)28/h3,5-12,21,26-27H,1,4,13-15H2,2H3. The number of nitrogens with zero attached hydrogens (tertiary/aromatic N) is 1. The molecule has 1 heterocycles. The molecule has 0 aromatic heterocycles. The van der Waals surface area contributed by atoms with Crippen LogP contribution in [0.4, 0.5) is 0 Å². The largest absolute Gasteiger partial charge is 0.507 e. The number of benzene rings is 2. The summed E-state index contributed by atoms with van der Waals surface area (Å²) in [5.41, 5.74) is 2.23. The maximum atomic E-state index is 12.8. The Hall–Kier alpha value is -3.38. The van der Waals surface area contributed by atoms with Crippen molar-refractivity contribution in [3.05, 3.63) is 83.4 Å². The Balaban J connectivity index is 2.05. The van der Waals surface area contributed by atoms with E-state index >= 15 is 0 Å². The molecule has 1 amide bonds. The summed E-state index contributed by atoms with van der Waals surface area (Å²) in [6, 6.07) is 13.4. The van der Waals surface area contributed by atoms with Gasteiger partial charge in [-0.3, -0.25) is 9.59 Å². The van der Waals surface area contributed by atoms with Crippen LogP contribution in [-0.4, -0.2) is 46.6 Å². The molecule has 3 rings (SSSR count). The highest BCUT2D eigenvalue weighted by atomic mass is 16.5. The SMILES string of the molecule is C=CCOc1ccc(C(O)=C2C(=O)C(=O)N(CCCO)C2c2ccc(C)cc2)cc1. The van der Waals surface area contributed by atoms with Gasteiger partial charge in [0.05, 0.1) is 11.6 Å². The third-order valence-corrected chi connectivity index (χ3v) is 4.99. The zero-order valence-corrected chi connectivity index (χ0v) is 16.9. The molecule has 1 fully saturated rings. The summed E-state index contributed by atoms with van der Waals surface area (Å²) in [4.78, 5) is 27.0. The number of Topliss-reactive ketones (excluding diaryl/α,β-unsaturated/α-hetero) is 1. The molecule has 1 unspecified atom stereocenters. The molecule has 0 bridgehead atoms. The monoisotopic (exact) mass is 407 g/mol. The zero-order chi connectivity index (χ0) is 21.7. The van der Waals surface area contributed by atoms with E-state index in [4.69, 9.17) is 4.74 Å². The third kappa shape index (κ3) is 4.28. The third-order valence-electron chi connectivity index (χ3n) is 4.99. The number of amides is 1. The van der Waals surface area contributed by atoms with Crippen molar-refractivity contribution in [3.63, 3.8) is 0 Å². The Morgan fingerprint density at radius 2 is 1.80 bits per heavy atom. The van der Waals surface area contributed by atoms with Gasteiger partial charge in [-0.2, -0.15) is 0 Å². The quantitative estimate of drug-likeness (QED) is 0.303. The van der Waals surface area contributed by atoms with Crippen LogP contribution in [-0.2, 0) is 9.59 Å². The molecule has 1 atom stereocenters. The van der Waals surface area contributed by atoms with Crippen LogP contribution in [0.1, 0.15) is 29.2 Å². The number of hydrogen-bond donors (Lipinski definition) is 2. The van der Waals surface area contributed by atoms with E-state index in [0.717, 1.165) is 11.1 Å². The van der Waals surface area contributed by atoms with Gasteiger partial charge in [-0.05, 0) is 43.2 Å². The van der Waals surface area contributed by atoms with E-state index in [9.17, 15) is 19.8 Å². The van der Waals surface area contributed by atoms with Crippen molar-refractivity contribution in [1.82, 2.24) is 4.90 Å². The fourth-order valence-electron chi connectivity index (χ4n) is 3.47. The van der Waals surface area contributed by atoms with Gasteiger partial charge in [-0.1, -0.05) is 42.5 Å². The normalized spacial score (nSPS) is 17.9. The maximum Gasteiger partial charge on any atom is 0.295 e. The number of aliphatic hydroxyl groups excluding tert-OH is 2. The van der Waals surface area contributed by atoms with Crippen LogP contribution in [0.3, 0.4) is 0 Å². The molecule has 2 N–H and O–H groups in total. The summed E-state index contributed by atoms with van der Waals surface area (Å²) in [6.07, 6.45) is 1.97. The van der Waals surface area contributed by atoms with E-state index in [2.05, 4.69) is 6.58 Å². The lowest BCUT2D eigenvalue weighted by atomic mass is 9.94. The smallest absolute Gasteiger partial charge is 0.295 e. The van der Waals surface area contributed by atoms with Crippen LogP contribution < -0.4 is 4.74 Å². The van der Waals surface area contributed by atoms with Gasteiger partial charge in [-0.25, -0.2) is 0 Å². The summed E-state index contributed by atoms with van der Waals surface area (Å²) in [5, 5.41) is 20.2. The van der Waals surface area contributed by atoms with E-state index in [0.29, 0.717) is 24.3 Å². The average Bonchev–Trinajstić information content (AvgIpc) is 3.01. The van der Waals surface area contributed by atoms with Gasteiger partial charge in [0.25, 0.3) is 11.7 Å². The maximum absolute atomic E-state index is 12.8. The molecule has 2 aromatic rings. The molecule has 30 heavy (non-hydrogen) atoms. The van der Waals surface area contributed by atoms with E-state index < -0.39 is 17.7 Å². The zero-order valence-electron chi connectivity index (χ0n) is 16.9. The van der Waals surface area contributed by atoms with Crippen LogP contribution in [0, 0.1) is 6.92 Å². The molecule has 1 saturated heterocycles. The first-order valence-corrected chi connectivity index (χ1v) is 9.78. The first-order chi connectivity index (χ1) is 14.5. The molecule has 0 aliphatic carbocycles. The molecule has 1 aliphatic heterocycles. The van der Waals surface area contributed by atoms with E-state index in [-0.39, 0.29) is 24.5 Å². The number of likely N-dealkylation sites (tertiary alicyclic amines) is 1. The van der Waals surface area contributed by atoms with E-state index in [1.54, 1.807) is 30.3 Å². The van der Waals surface area contributed by atoms with Crippen LogP contribution in [0.2, 0.25) is 0 Å². The molecule has 2 aromatic carbocycles. The highest BCUT2D eigenvalue weighted by Crippen LogP contribution is 2.39. The molecule has 6 nitrogen and oxygen atoms in total. The van der Waals surface area contributed by atoms with Gasteiger partial charge >= 0.3 is 0 Å². The number of rotatable bonds is 8.